The average Bonchev–Trinajstić information content (AvgIpc) is 3.01. The Hall–Kier alpha value is -2.49. The molecule has 2 saturated heterocycles. The van der Waals surface area contributed by atoms with E-state index in [1.807, 2.05) is 0 Å². The van der Waals surface area contributed by atoms with Crippen LogP contribution in [0.25, 0.3) is 0 Å². The van der Waals surface area contributed by atoms with Crippen LogP contribution in [-0.2, 0) is 9.84 Å². The third-order valence-electron chi connectivity index (χ3n) is 4.91. The van der Waals surface area contributed by atoms with Gasteiger partial charge in [0.15, 0.2) is 15.7 Å². The molecule has 1 atom stereocenters. The number of rotatable bonds is 4. The standard InChI is InChI=1S/C17H21FN6O2S/c18-13-1-3-15(4-2-13)23-6-8-24(9-7-23)16-11-19-22-17(21-16)20-14-5-10-27(25,26)12-14/h1-4,11,14H,5-10,12H2,(H,20,21,22). The number of halogens is 1. The van der Waals surface area contributed by atoms with Gasteiger partial charge < -0.3 is 15.1 Å². The number of aromatic nitrogens is 3. The summed E-state index contributed by atoms with van der Waals surface area (Å²) < 4.78 is 36.2. The molecule has 1 aromatic carbocycles. The molecule has 10 heteroatoms. The average molecular weight is 392 g/mol. The quantitative estimate of drug-likeness (QED) is 0.822. The number of piperazine rings is 1. The molecule has 3 heterocycles. The van der Waals surface area contributed by atoms with Gasteiger partial charge in [-0.15, -0.1) is 5.10 Å². The van der Waals surface area contributed by atoms with Gasteiger partial charge in [0.25, 0.3) is 0 Å². The second kappa shape index (κ2) is 7.26. The van der Waals surface area contributed by atoms with Crippen LogP contribution in [0.15, 0.2) is 30.5 Å². The molecule has 0 saturated carbocycles. The topological polar surface area (TPSA) is 91.3 Å². The minimum atomic E-state index is -2.96. The van der Waals surface area contributed by atoms with E-state index < -0.39 is 9.84 Å². The maximum absolute atomic E-state index is 13.1. The zero-order chi connectivity index (χ0) is 18.9. The van der Waals surface area contributed by atoms with Gasteiger partial charge in [0, 0.05) is 37.9 Å². The van der Waals surface area contributed by atoms with Crippen LogP contribution in [-0.4, -0.2) is 67.3 Å². The van der Waals surface area contributed by atoms with E-state index in [9.17, 15) is 12.8 Å². The number of anilines is 3. The van der Waals surface area contributed by atoms with Crippen molar-refractivity contribution in [2.24, 2.45) is 0 Å². The van der Waals surface area contributed by atoms with Crippen molar-refractivity contribution in [1.29, 1.82) is 0 Å². The van der Waals surface area contributed by atoms with Gasteiger partial charge in [0.1, 0.15) is 5.82 Å². The molecular formula is C17H21FN6O2S. The lowest BCUT2D eigenvalue weighted by atomic mass is 10.2. The fourth-order valence-corrected chi connectivity index (χ4v) is 5.12. The van der Waals surface area contributed by atoms with Crippen molar-refractivity contribution in [2.45, 2.75) is 12.5 Å². The van der Waals surface area contributed by atoms with E-state index in [-0.39, 0.29) is 23.4 Å². The smallest absolute Gasteiger partial charge is 0.244 e. The van der Waals surface area contributed by atoms with Gasteiger partial charge in [-0.05, 0) is 30.7 Å². The number of hydrogen-bond donors (Lipinski definition) is 1. The van der Waals surface area contributed by atoms with Crippen LogP contribution in [0.2, 0.25) is 0 Å². The van der Waals surface area contributed by atoms with Crippen molar-refractivity contribution in [1.82, 2.24) is 15.2 Å². The van der Waals surface area contributed by atoms with Gasteiger partial charge in [0.2, 0.25) is 5.95 Å². The monoisotopic (exact) mass is 392 g/mol. The molecule has 0 spiro atoms. The molecular weight excluding hydrogens is 371 g/mol. The number of benzene rings is 1. The summed E-state index contributed by atoms with van der Waals surface area (Å²) in [6.45, 7) is 3.10. The molecule has 8 nitrogen and oxygen atoms in total. The molecule has 2 fully saturated rings. The molecule has 4 rings (SSSR count). The molecule has 2 aliphatic heterocycles. The summed E-state index contributed by atoms with van der Waals surface area (Å²) in [7, 11) is -2.96. The Balaban J connectivity index is 1.38. The largest absolute Gasteiger partial charge is 0.368 e. The molecule has 2 aromatic rings. The molecule has 1 unspecified atom stereocenters. The summed E-state index contributed by atoms with van der Waals surface area (Å²) in [5.41, 5.74) is 1.00. The second-order valence-electron chi connectivity index (χ2n) is 6.83. The summed E-state index contributed by atoms with van der Waals surface area (Å²) in [5.74, 6) is 1.14. The van der Waals surface area contributed by atoms with E-state index in [0.29, 0.717) is 18.2 Å². The van der Waals surface area contributed by atoms with Gasteiger partial charge in [-0.3, -0.25) is 0 Å². The van der Waals surface area contributed by atoms with Gasteiger partial charge in [-0.2, -0.15) is 10.1 Å². The predicted octanol–water partition coefficient (Wildman–Crippen LogP) is 0.936. The zero-order valence-electron chi connectivity index (χ0n) is 14.8. The van der Waals surface area contributed by atoms with E-state index in [0.717, 1.165) is 31.9 Å². The summed E-state index contributed by atoms with van der Waals surface area (Å²) in [4.78, 5) is 8.81. The minimum Gasteiger partial charge on any atom is -0.368 e. The van der Waals surface area contributed by atoms with E-state index >= 15 is 0 Å². The molecule has 1 N–H and O–H groups in total. The number of nitrogens with zero attached hydrogens (tertiary/aromatic N) is 5. The van der Waals surface area contributed by atoms with Crippen molar-refractivity contribution in [3.8, 4) is 0 Å². The first-order valence-electron chi connectivity index (χ1n) is 8.91. The van der Waals surface area contributed by atoms with Crippen LogP contribution in [0.4, 0.5) is 21.8 Å². The first kappa shape index (κ1) is 17.9. The molecule has 0 bridgehead atoms. The van der Waals surface area contributed by atoms with E-state index in [1.165, 1.54) is 12.1 Å². The summed E-state index contributed by atoms with van der Waals surface area (Å²) in [5, 5.41) is 11.1. The van der Waals surface area contributed by atoms with Crippen molar-refractivity contribution in [3.63, 3.8) is 0 Å². The van der Waals surface area contributed by atoms with Crippen molar-refractivity contribution in [3.05, 3.63) is 36.3 Å². The molecule has 144 valence electrons. The number of hydrogen-bond acceptors (Lipinski definition) is 8. The van der Waals surface area contributed by atoms with Gasteiger partial charge >= 0.3 is 0 Å². The fourth-order valence-electron chi connectivity index (χ4n) is 3.45. The second-order valence-corrected chi connectivity index (χ2v) is 9.06. The molecule has 0 amide bonds. The van der Waals surface area contributed by atoms with E-state index in [4.69, 9.17) is 0 Å². The van der Waals surface area contributed by atoms with Crippen molar-refractivity contribution >= 4 is 27.3 Å². The van der Waals surface area contributed by atoms with Crippen LogP contribution < -0.4 is 15.1 Å². The highest BCUT2D eigenvalue weighted by molar-refractivity contribution is 7.91. The molecule has 0 aliphatic carbocycles. The number of sulfone groups is 1. The Morgan fingerprint density at radius 2 is 1.78 bits per heavy atom. The van der Waals surface area contributed by atoms with Crippen molar-refractivity contribution < 1.29 is 12.8 Å². The van der Waals surface area contributed by atoms with Gasteiger partial charge in [-0.25, -0.2) is 12.8 Å². The highest BCUT2D eigenvalue weighted by atomic mass is 32.2. The third-order valence-corrected chi connectivity index (χ3v) is 6.68. The Bertz CT molecular complexity index is 900. The van der Waals surface area contributed by atoms with Crippen LogP contribution in [0, 0.1) is 5.82 Å². The summed E-state index contributed by atoms with van der Waals surface area (Å²) in [6.07, 6.45) is 2.18. The molecule has 2 aliphatic rings. The first-order chi connectivity index (χ1) is 13.0. The van der Waals surface area contributed by atoms with Crippen molar-refractivity contribution in [2.75, 3.05) is 52.8 Å². The highest BCUT2D eigenvalue weighted by Crippen LogP contribution is 2.20. The van der Waals surface area contributed by atoms with Gasteiger partial charge in [-0.1, -0.05) is 0 Å². The normalized spacial score (nSPS) is 22.0. The lowest BCUT2D eigenvalue weighted by molar-refractivity contribution is 0.602. The Morgan fingerprint density at radius 3 is 2.44 bits per heavy atom. The van der Waals surface area contributed by atoms with E-state index in [1.54, 1.807) is 18.3 Å². The SMILES string of the molecule is O=S1(=O)CCC(Nc2nncc(N3CCN(c4ccc(F)cc4)CC3)n2)C1. The molecule has 1 aromatic heterocycles. The Labute approximate surface area is 157 Å². The van der Waals surface area contributed by atoms with Crippen LogP contribution >= 0.6 is 0 Å². The van der Waals surface area contributed by atoms with E-state index in [2.05, 4.69) is 30.3 Å². The number of nitrogens with one attached hydrogen (secondary N) is 1. The predicted molar refractivity (Wildman–Crippen MR) is 101 cm³/mol. The third kappa shape index (κ3) is 4.26. The molecule has 0 radical (unpaired) electrons. The van der Waals surface area contributed by atoms with Gasteiger partial charge in [0.05, 0.1) is 17.7 Å². The lowest BCUT2D eigenvalue weighted by Crippen LogP contribution is -2.47. The first-order valence-corrected chi connectivity index (χ1v) is 10.7. The maximum Gasteiger partial charge on any atom is 0.244 e. The Kier molecular flexibility index (Phi) is 4.81. The summed E-state index contributed by atoms with van der Waals surface area (Å²) in [6, 6.07) is 6.35. The fraction of sp³-hybridized carbons (Fsp3) is 0.471. The van der Waals surface area contributed by atoms with Crippen LogP contribution in [0.1, 0.15) is 6.42 Å². The molecule has 27 heavy (non-hydrogen) atoms. The van der Waals surface area contributed by atoms with Crippen LogP contribution in [0.5, 0.6) is 0 Å². The minimum absolute atomic E-state index is 0.108. The lowest BCUT2D eigenvalue weighted by Gasteiger charge is -2.36. The maximum atomic E-state index is 13.1. The zero-order valence-corrected chi connectivity index (χ0v) is 15.6. The van der Waals surface area contributed by atoms with Crippen LogP contribution in [0.3, 0.4) is 0 Å². The Morgan fingerprint density at radius 1 is 1.07 bits per heavy atom. The summed E-state index contributed by atoms with van der Waals surface area (Å²) >= 11 is 0. The highest BCUT2D eigenvalue weighted by Gasteiger charge is 2.28.